The van der Waals surface area contributed by atoms with Crippen LogP contribution >= 0.6 is 27.5 Å². The third-order valence-electron chi connectivity index (χ3n) is 3.00. The average Bonchev–Trinajstić information content (AvgIpc) is 2.74. The van der Waals surface area contributed by atoms with Gasteiger partial charge in [-0.3, -0.25) is 0 Å². The number of imidazole rings is 1. The third-order valence-corrected chi connectivity index (χ3v) is 5.32. The zero-order valence-corrected chi connectivity index (χ0v) is 14.3. The van der Waals surface area contributed by atoms with Gasteiger partial charge in [0.25, 0.3) is 0 Å². The zero-order chi connectivity index (χ0) is 14.9. The van der Waals surface area contributed by atoms with Gasteiger partial charge in [-0.1, -0.05) is 6.92 Å². The summed E-state index contributed by atoms with van der Waals surface area (Å²) in [6, 6.07) is 1.84. The fraction of sp³-hybridized carbons (Fsp3) is 0.500. The standard InChI is InChI=1S/C12H15BrClN3O2S/c1-3-20(18,19)5-4-17-11(8(2)14)16-10-6-9(13)7-15-12(10)17/h6-8H,3-5H2,1-2H3. The second-order valence-corrected chi connectivity index (χ2v) is 8.51. The van der Waals surface area contributed by atoms with Gasteiger partial charge in [0, 0.05) is 23.0 Å². The van der Waals surface area contributed by atoms with E-state index in [2.05, 4.69) is 25.9 Å². The minimum Gasteiger partial charge on any atom is -0.310 e. The molecule has 2 heterocycles. The summed E-state index contributed by atoms with van der Waals surface area (Å²) >= 11 is 9.48. The molecule has 0 N–H and O–H groups in total. The lowest BCUT2D eigenvalue weighted by Gasteiger charge is -2.09. The molecule has 0 aliphatic heterocycles. The molecule has 2 aromatic heterocycles. The summed E-state index contributed by atoms with van der Waals surface area (Å²) in [4.78, 5) is 8.75. The minimum absolute atomic E-state index is 0.0588. The topological polar surface area (TPSA) is 64.8 Å². The van der Waals surface area contributed by atoms with Crippen molar-refractivity contribution in [3.05, 3.63) is 22.6 Å². The van der Waals surface area contributed by atoms with Gasteiger partial charge in [0.05, 0.1) is 11.1 Å². The van der Waals surface area contributed by atoms with Crippen molar-refractivity contribution in [2.45, 2.75) is 25.8 Å². The number of fused-ring (bicyclic) bond motifs is 1. The molecule has 0 radical (unpaired) electrons. The summed E-state index contributed by atoms with van der Waals surface area (Å²) in [6.07, 6.45) is 1.66. The smallest absolute Gasteiger partial charge is 0.160 e. The molecule has 0 fully saturated rings. The highest BCUT2D eigenvalue weighted by Crippen LogP contribution is 2.25. The predicted molar refractivity (Wildman–Crippen MR) is 83.8 cm³/mol. The molecule has 110 valence electrons. The van der Waals surface area contributed by atoms with E-state index in [4.69, 9.17) is 11.6 Å². The van der Waals surface area contributed by atoms with Crippen molar-refractivity contribution in [1.82, 2.24) is 14.5 Å². The van der Waals surface area contributed by atoms with E-state index >= 15 is 0 Å². The van der Waals surface area contributed by atoms with Gasteiger partial charge in [-0.25, -0.2) is 18.4 Å². The molecule has 0 aliphatic carbocycles. The van der Waals surface area contributed by atoms with Gasteiger partial charge in [-0.15, -0.1) is 11.6 Å². The van der Waals surface area contributed by atoms with E-state index in [1.807, 2.05) is 13.0 Å². The van der Waals surface area contributed by atoms with Crippen LogP contribution in [0.25, 0.3) is 11.2 Å². The molecule has 8 heteroatoms. The first-order valence-electron chi connectivity index (χ1n) is 6.20. The van der Waals surface area contributed by atoms with E-state index in [9.17, 15) is 8.42 Å². The van der Waals surface area contributed by atoms with Crippen molar-refractivity contribution >= 4 is 48.5 Å². The fourth-order valence-corrected chi connectivity index (χ4v) is 3.14. The van der Waals surface area contributed by atoms with E-state index in [1.165, 1.54) is 0 Å². The number of alkyl halides is 1. The minimum atomic E-state index is -3.04. The normalized spacial score (nSPS) is 13.8. The molecule has 0 spiro atoms. The van der Waals surface area contributed by atoms with Crippen LogP contribution in [0.2, 0.25) is 0 Å². The van der Waals surface area contributed by atoms with Gasteiger partial charge in [-0.05, 0) is 28.9 Å². The van der Waals surface area contributed by atoms with Crippen molar-refractivity contribution in [2.75, 3.05) is 11.5 Å². The highest BCUT2D eigenvalue weighted by atomic mass is 79.9. The fourth-order valence-electron chi connectivity index (χ4n) is 1.90. The molecule has 0 saturated carbocycles. The molecule has 0 amide bonds. The number of aryl methyl sites for hydroxylation is 1. The van der Waals surface area contributed by atoms with Gasteiger partial charge >= 0.3 is 0 Å². The molecular weight excluding hydrogens is 366 g/mol. The third kappa shape index (κ3) is 3.32. The van der Waals surface area contributed by atoms with Crippen molar-refractivity contribution in [3.8, 4) is 0 Å². The monoisotopic (exact) mass is 379 g/mol. The van der Waals surface area contributed by atoms with E-state index < -0.39 is 9.84 Å². The largest absolute Gasteiger partial charge is 0.310 e. The Labute approximate surface area is 131 Å². The van der Waals surface area contributed by atoms with Gasteiger partial charge < -0.3 is 4.57 Å². The van der Waals surface area contributed by atoms with E-state index in [-0.39, 0.29) is 16.9 Å². The molecule has 0 saturated heterocycles. The van der Waals surface area contributed by atoms with Crippen LogP contribution in [0.1, 0.15) is 25.0 Å². The summed E-state index contributed by atoms with van der Waals surface area (Å²) < 4.78 is 26.0. The summed E-state index contributed by atoms with van der Waals surface area (Å²) in [6.45, 7) is 3.76. The number of hydrogen-bond acceptors (Lipinski definition) is 4. The van der Waals surface area contributed by atoms with Crippen LogP contribution < -0.4 is 0 Å². The van der Waals surface area contributed by atoms with Crippen molar-refractivity contribution in [3.63, 3.8) is 0 Å². The number of pyridine rings is 1. The van der Waals surface area contributed by atoms with Crippen LogP contribution in [-0.4, -0.2) is 34.5 Å². The number of hydrogen-bond donors (Lipinski definition) is 0. The Hall–Kier alpha value is -0.660. The van der Waals surface area contributed by atoms with Crippen LogP contribution in [0, 0.1) is 0 Å². The maximum Gasteiger partial charge on any atom is 0.160 e. The Morgan fingerprint density at radius 3 is 2.80 bits per heavy atom. The van der Waals surface area contributed by atoms with E-state index in [0.29, 0.717) is 23.5 Å². The second-order valence-electron chi connectivity index (χ2n) is 4.47. The van der Waals surface area contributed by atoms with Crippen molar-refractivity contribution in [2.24, 2.45) is 0 Å². The number of halogens is 2. The SMILES string of the molecule is CCS(=O)(=O)CCn1c(C(C)Cl)nc2cc(Br)cnc21. The molecule has 2 rings (SSSR count). The van der Waals surface area contributed by atoms with Gasteiger partial charge in [0.2, 0.25) is 0 Å². The lowest BCUT2D eigenvalue weighted by Crippen LogP contribution is -2.16. The first-order chi connectivity index (χ1) is 9.34. The Bertz CT molecular complexity index is 728. The number of aromatic nitrogens is 3. The summed E-state index contributed by atoms with van der Waals surface area (Å²) in [5.41, 5.74) is 1.36. The lowest BCUT2D eigenvalue weighted by molar-refractivity contribution is 0.588. The summed E-state index contributed by atoms with van der Waals surface area (Å²) in [7, 11) is -3.04. The lowest BCUT2D eigenvalue weighted by atomic mass is 10.4. The molecule has 0 aliphatic rings. The maximum absolute atomic E-state index is 11.7. The maximum atomic E-state index is 11.7. The van der Waals surface area contributed by atoms with Crippen LogP contribution in [0.15, 0.2) is 16.7 Å². The Morgan fingerprint density at radius 2 is 2.20 bits per heavy atom. The molecular formula is C12H15BrClN3O2S. The summed E-state index contributed by atoms with van der Waals surface area (Å²) in [5.74, 6) is 0.826. The van der Waals surface area contributed by atoms with Crippen LogP contribution in [0.4, 0.5) is 0 Å². The van der Waals surface area contributed by atoms with Gasteiger partial charge in [0.1, 0.15) is 11.3 Å². The average molecular weight is 381 g/mol. The second kappa shape index (κ2) is 5.99. The van der Waals surface area contributed by atoms with Crippen LogP contribution in [-0.2, 0) is 16.4 Å². The summed E-state index contributed by atoms with van der Waals surface area (Å²) in [5, 5.41) is -0.313. The van der Waals surface area contributed by atoms with Gasteiger partial charge in [-0.2, -0.15) is 0 Å². The zero-order valence-electron chi connectivity index (χ0n) is 11.2. The molecule has 2 aromatic rings. The Balaban J connectivity index is 2.46. The Morgan fingerprint density at radius 1 is 1.50 bits per heavy atom. The van der Waals surface area contributed by atoms with Crippen LogP contribution in [0.5, 0.6) is 0 Å². The number of nitrogens with zero attached hydrogens (tertiary/aromatic N) is 3. The molecule has 0 bridgehead atoms. The highest BCUT2D eigenvalue weighted by Gasteiger charge is 2.18. The Kier molecular flexibility index (Phi) is 4.71. The molecule has 5 nitrogen and oxygen atoms in total. The quantitative estimate of drug-likeness (QED) is 0.748. The number of rotatable bonds is 5. The first kappa shape index (κ1) is 15.7. The molecule has 1 atom stereocenters. The van der Waals surface area contributed by atoms with Gasteiger partial charge in [0.15, 0.2) is 15.5 Å². The van der Waals surface area contributed by atoms with E-state index in [0.717, 1.165) is 4.47 Å². The predicted octanol–water partition coefficient (Wildman–Crippen LogP) is 2.93. The molecule has 0 aromatic carbocycles. The van der Waals surface area contributed by atoms with Crippen molar-refractivity contribution in [1.29, 1.82) is 0 Å². The molecule has 1 unspecified atom stereocenters. The first-order valence-corrected chi connectivity index (χ1v) is 9.25. The van der Waals surface area contributed by atoms with Crippen molar-refractivity contribution < 1.29 is 8.42 Å². The highest BCUT2D eigenvalue weighted by molar-refractivity contribution is 9.10. The molecule has 20 heavy (non-hydrogen) atoms. The van der Waals surface area contributed by atoms with Crippen LogP contribution in [0.3, 0.4) is 0 Å². The van der Waals surface area contributed by atoms with E-state index in [1.54, 1.807) is 17.7 Å². The number of sulfone groups is 1.